The number of imide groups is 2. The van der Waals surface area contributed by atoms with Gasteiger partial charge in [-0.05, 0) is 42.7 Å². The molecule has 1 aliphatic heterocycles. The summed E-state index contributed by atoms with van der Waals surface area (Å²) in [4.78, 5) is 64.6. The zero-order chi connectivity index (χ0) is 26.9. The molecule has 3 N–H and O–H groups in total. The van der Waals surface area contributed by atoms with Crippen LogP contribution in [0.5, 0.6) is 0 Å². The van der Waals surface area contributed by atoms with Crippen LogP contribution in [-0.4, -0.2) is 44.8 Å². The predicted octanol–water partition coefficient (Wildman–Crippen LogP) is 2.82. The first-order valence-electron chi connectivity index (χ1n) is 12.2. The van der Waals surface area contributed by atoms with E-state index in [0.717, 1.165) is 10.5 Å². The van der Waals surface area contributed by atoms with Crippen molar-refractivity contribution in [2.45, 2.75) is 46.1 Å². The second-order valence-corrected chi connectivity index (χ2v) is 9.47. The second kappa shape index (κ2) is 12.8. The van der Waals surface area contributed by atoms with Crippen LogP contribution in [0.15, 0.2) is 60.7 Å². The van der Waals surface area contributed by atoms with Crippen molar-refractivity contribution < 1.29 is 29.2 Å². The molecule has 196 valence electrons. The van der Waals surface area contributed by atoms with E-state index in [1.165, 1.54) is 0 Å². The normalized spacial score (nSPS) is 15.2. The summed E-state index contributed by atoms with van der Waals surface area (Å²) in [5.41, 5.74) is 5.62. The van der Waals surface area contributed by atoms with E-state index in [9.17, 15) is 29.2 Å². The van der Waals surface area contributed by atoms with Crippen LogP contribution in [0, 0.1) is 17.8 Å². The van der Waals surface area contributed by atoms with Gasteiger partial charge in [0.25, 0.3) is 0 Å². The van der Waals surface area contributed by atoms with Crippen molar-refractivity contribution in [1.29, 1.82) is 0 Å². The van der Waals surface area contributed by atoms with Gasteiger partial charge in [0, 0.05) is 0 Å². The Morgan fingerprint density at radius 2 is 1.43 bits per heavy atom. The highest BCUT2D eigenvalue weighted by Crippen LogP contribution is 2.27. The molecule has 10 heteroatoms. The van der Waals surface area contributed by atoms with Crippen LogP contribution in [0.3, 0.4) is 0 Å². The minimum absolute atomic E-state index is 0.0138. The third kappa shape index (κ3) is 7.01. The molecule has 6 amide bonds. The molecule has 2 atom stereocenters. The lowest BCUT2D eigenvalue weighted by Crippen LogP contribution is -2.51. The summed E-state index contributed by atoms with van der Waals surface area (Å²) in [6.07, 6.45) is 1.77. The summed E-state index contributed by atoms with van der Waals surface area (Å²) >= 11 is 0. The zero-order valence-electron chi connectivity index (χ0n) is 20.9. The molecule has 37 heavy (non-hydrogen) atoms. The molecule has 0 radical (unpaired) electrons. The largest absolute Gasteiger partial charge is 0.353 e. The molecule has 3 rings (SSSR count). The van der Waals surface area contributed by atoms with E-state index < -0.39 is 41.5 Å². The van der Waals surface area contributed by atoms with Gasteiger partial charge in [-0.15, -0.1) is 0 Å². The Balaban J connectivity index is 1.74. The van der Waals surface area contributed by atoms with E-state index in [0.29, 0.717) is 23.4 Å². The van der Waals surface area contributed by atoms with Gasteiger partial charge in [0.05, 0.1) is 18.4 Å². The predicted molar refractivity (Wildman–Crippen MR) is 133 cm³/mol. The second-order valence-electron chi connectivity index (χ2n) is 9.47. The topological polar surface area (TPSA) is 136 Å². The maximum atomic E-state index is 13.3. The lowest BCUT2D eigenvalue weighted by atomic mass is 9.81. The number of benzene rings is 2. The maximum Gasteiger partial charge on any atom is 0.353 e. The van der Waals surface area contributed by atoms with Crippen molar-refractivity contribution in [2.75, 3.05) is 0 Å². The van der Waals surface area contributed by atoms with Gasteiger partial charge in [0.1, 0.15) is 0 Å². The van der Waals surface area contributed by atoms with Crippen molar-refractivity contribution >= 4 is 29.7 Å². The molecule has 0 saturated carbocycles. The molecule has 1 fully saturated rings. The highest BCUT2D eigenvalue weighted by atomic mass is 16.5. The van der Waals surface area contributed by atoms with E-state index in [1.54, 1.807) is 35.8 Å². The average molecular weight is 509 g/mol. The minimum atomic E-state index is -1.18. The third-order valence-electron chi connectivity index (χ3n) is 6.28. The molecule has 0 aliphatic carbocycles. The van der Waals surface area contributed by atoms with Gasteiger partial charge in [-0.25, -0.2) is 15.2 Å². The fraction of sp³-hybridized carbons (Fsp3) is 0.370. The van der Waals surface area contributed by atoms with Crippen LogP contribution in [0.4, 0.5) is 4.79 Å². The average Bonchev–Trinajstić information content (AvgIpc) is 3.09. The Labute approximate surface area is 215 Å². The van der Waals surface area contributed by atoms with Gasteiger partial charge in [-0.1, -0.05) is 74.5 Å². The molecule has 1 heterocycles. The van der Waals surface area contributed by atoms with Crippen LogP contribution in [0.1, 0.15) is 44.2 Å². The van der Waals surface area contributed by atoms with E-state index in [-0.39, 0.29) is 25.3 Å². The van der Waals surface area contributed by atoms with Crippen LogP contribution < -0.4 is 10.9 Å². The lowest BCUT2D eigenvalue weighted by Gasteiger charge is -2.27. The van der Waals surface area contributed by atoms with Crippen LogP contribution in [0.2, 0.25) is 0 Å². The molecule has 0 bridgehead atoms. The summed E-state index contributed by atoms with van der Waals surface area (Å²) in [5.74, 6) is -5.60. The number of hydroxylamine groups is 1. The number of hydrazine groups is 1. The summed E-state index contributed by atoms with van der Waals surface area (Å²) in [6.45, 7) is 3.62. The van der Waals surface area contributed by atoms with Gasteiger partial charge in [0.15, 0.2) is 0 Å². The molecular weight excluding hydrogens is 476 g/mol. The Morgan fingerprint density at radius 3 is 2.00 bits per heavy atom. The van der Waals surface area contributed by atoms with Gasteiger partial charge < -0.3 is 0 Å². The lowest BCUT2D eigenvalue weighted by molar-refractivity contribution is -0.148. The van der Waals surface area contributed by atoms with E-state index in [4.69, 9.17) is 0 Å². The SMILES string of the molecule is CC(C)C[C@@H](C(=O)NN1C(=O)C(=O)N(Cc2ccccc2)C1=O)[C@H](CCCc1ccccc1)C(=O)NO. The highest BCUT2D eigenvalue weighted by Gasteiger charge is 2.47. The molecule has 0 unspecified atom stereocenters. The number of nitrogens with zero attached hydrogens (tertiary/aromatic N) is 2. The molecule has 2 aromatic rings. The summed E-state index contributed by atoms with van der Waals surface area (Å²) in [5, 5.41) is 9.76. The Bertz CT molecular complexity index is 1120. The quantitative estimate of drug-likeness (QED) is 0.175. The number of carbonyl (C=O) groups is 5. The fourth-order valence-electron chi connectivity index (χ4n) is 4.43. The first-order valence-corrected chi connectivity index (χ1v) is 12.2. The van der Waals surface area contributed by atoms with E-state index >= 15 is 0 Å². The molecule has 2 aromatic carbocycles. The van der Waals surface area contributed by atoms with Crippen molar-refractivity contribution in [2.24, 2.45) is 17.8 Å². The van der Waals surface area contributed by atoms with E-state index in [2.05, 4.69) is 5.43 Å². The van der Waals surface area contributed by atoms with Crippen molar-refractivity contribution in [3.63, 3.8) is 0 Å². The third-order valence-corrected chi connectivity index (χ3v) is 6.28. The van der Waals surface area contributed by atoms with Crippen LogP contribution in [-0.2, 0) is 32.1 Å². The number of nitrogens with one attached hydrogen (secondary N) is 2. The number of urea groups is 1. The van der Waals surface area contributed by atoms with Crippen LogP contribution >= 0.6 is 0 Å². The monoisotopic (exact) mass is 508 g/mol. The van der Waals surface area contributed by atoms with Crippen molar-refractivity contribution in [3.05, 3.63) is 71.8 Å². The summed E-state index contributed by atoms with van der Waals surface area (Å²) < 4.78 is 0. The number of hydrogen-bond donors (Lipinski definition) is 3. The van der Waals surface area contributed by atoms with Crippen LogP contribution in [0.25, 0.3) is 0 Å². The molecular formula is C27H32N4O6. The Kier molecular flexibility index (Phi) is 9.51. The molecule has 0 aromatic heterocycles. The molecule has 10 nitrogen and oxygen atoms in total. The molecule has 0 spiro atoms. The minimum Gasteiger partial charge on any atom is -0.289 e. The maximum absolute atomic E-state index is 13.3. The van der Waals surface area contributed by atoms with Crippen molar-refractivity contribution in [3.8, 4) is 0 Å². The standard InChI is InChI=1S/C27H32N4O6/c1-18(2)16-22(21(24(33)29-37)15-9-14-19-10-5-3-6-11-19)23(32)28-31-26(35)25(34)30(27(31)36)17-20-12-7-4-8-13-20/h3-8,10-13,18,21-22,37H,9,14-17H2,1-2H3,(H,28,32)(H,29,33)/t21-,22+/m0/s1. The number of amides is 6. The number of carbonyl (C=O) groups excluding carboxylic acids is 5. The van der Waals surface area contributed by atoms with E-state index in [1.807, 2.05) is 44.2 Å². The van der Waals surface area contributed by atoms with Crippen molar-refractivity contribution in [1.82, 2.24) is 20.8 Å². The van der Waals surface area contributed by atoms with Gasteiger partial charge in [-0.2, -0.15) is 5.01 Å². The zero-order valence-corrected chi connectivity index (χ0v) is 20.9. The van der Waals surface area contributed by atoms with Gasteiger partial charge >= 0.3 is 17.8 Å². The first kappa shape index (κ1) is 27.5. The van der Waals surface area contributed by atoms with Gasteiger partial charge in [0.2, 0.25) is 11.8 Å². The fourth-order valence-corrected chi connectivity index (χ4v) is 4.43. The number of rotatable bonds is 12. The molecule has 1 saturated heterocycles. The smallest absolute Gasteiger partial charge is 0.289 e. The summed E-state index contributed by atoms with van der Waals surface area (Å²) in [7, 11) is 0. The number of hydrogen-bond acceptors (Lipinski definition) is 6. The Morgan fingerprint density at radius 1 is 0.838 bits per heavy atom. The highest BCUT2D eigenvalue weighted by molar-refractivity contribution is 6.44. The number of aryl methyl sites for hydroxylation is 1. The molecule has 1 aliphatic rings. The Hall–Kier alpha value is -4.05. The first-order chi connectivity index (χ1) is 17.7. The summed E-state index contributed by atoms with van der Waals surface area (Å²) in [6, 6.07) is 17.3. The van der Waals surface area contributed by atoms with Gasteiger partial charge in [-0.3, -0.25) is 29.8 Å².